The molecule has 13 heteroatoms. The van der Waals surface area contributed by atoms with E-state index in [2.05, 4.69) is 36.6 Å². The highest BCUT2D eigenvalue weighted by Gasteiger charge is 2.26. The van der Waals surface area contributed by atoms with Crippen LogP contribution in [-0.2, 0) is 11.3 Å². The molecule has 0 aliphatic rings. The quantitative estimate of drug-likeness (QED) is 0.172. The maximum absolute atomic E-state index is 15.3. The lowest BCUT2D eigenvalue weighted by Gasteiger charge is -2.27. The third-order valence-corrected chi connectivity index (χ3v) is 6.86. The molecule has 200 valence electrons. The summed E-state index contributed by atoms with van der Waals surface area (Å²) >= 11 is 1.08. The van der Waals surface area contributed by atoms with E-state index in [4.69, 9.17) is 6.42 Å². The number of benzene rings is 2. The number of aromatic amines is 2. The molecular formula is C26H24FN7O4S. The number of fused-ring (bicyclic) bond motifs is 1. The van der Waals surface area contributed by atoms with Gasteiger partial charge in [0.25, 0.3) is 11.5 Å². The molecule has 39 heavy (non-hydrogen) atoms. The van der Waals surface area contributed by atoms with Crippen LogP contribution in [0, 0.1) is 32.0 Å². The Hall–Kier alpha value is -4.70. The van der Waals surface area contributed by atoms with Gasteiger partial charge in [-0.05, 0) is 49.2 Å². The van der Waals surface area contributed by atoms with Crippen molar-refractivity contribution in [2.75, 3.05) is 17.2 Å². The number of aryl methyl sites for hydroxylation is 2. The molecule has 4 N–H and O–H groups in total. The number of carbonyl (C=O) groups excluding carboxylic acids is 1. The van der Waals surface area contributed by atoms with Gasteiger partial charge in [-0.1, -0.05) is 12.0 Å². The Kier molecular flexibility index (Phi) is 8.26. The van der Waals surface area contributed by atoms with Crippen LogP contribution in [0.4, 0.5) is 10.1 Å². The van der Waals surface area contributed by atoms with Gasteiger partial charge in [0.1, 0.15) is 22.7 Å². The van der Waals surface area contributed by atoms with E-state index in [1.807, 2.05) is 6.92 Å². The first-order valence-corrected chi connectivity index (χ1v) is 12.7. The average Bonchev–Trinajstić information content (AvgIpc) is 3.40. The number of amides is 1. The molecule has 0 spiro atoms. The highest BCUT2D eigenvalue weighted by atomic mass is 32.2. The minimum absolute atomic E-state index is 0.0370. The van der Waals surface area contributed by atoms with Crippen molar-refractivity contribution in [1.82, 2.24) is 30.7 Å². The summed E-state index contributed by atoms with van der Waals surface area (Å²) in [6.45, 7) is 3.53. The molecule has 11 nitrogen and oxygen atoms in total. The van der Waals surface area contributed by atoms with Crippen LogP contribution in [-0.4, -0.2) is 60.7 Å². The second-order valence-electron chi connectivity index (χ2n) is 8.63. The Balaban J connectivity index is 1.66. The third kappa shape index (κ3) is 6.24. The predicted octanol–water partition coefficient (Wildman–Crippen LogP) is 2.41. The molecule has 0 fully saturated rings. The second kappa shape index (κ2) is 11.8. The minimum atomic E-state index is -1.29. The molecule has 2 aromatic carbocycles. The summed E-state index contributed by atoms with van der Waals surface area (Å²) < 4.78 is 15.3. The predicted molar refractivity (Wildman–Crippen MR) is 144 cm³/mol. The Morgan fingerprint density at radius 3 is 2.79 bits per heavy atom. The van der Waals surface area contributed by atoms with Gasteiger partial charge < -0.3 is 20.3 Å². The Morgan fingerprint density at radius 1 is 1.31 bits per heavy atom. The van der Waals surface area contributed by atoms with Crippen molar-refractivity contribution in [2.45, 2.75) is 31.5 Å². The third-order valence-electron chi connectivity index (χ3n) is 5.87. The Labute approximate surface area is 226 Å². The van der Waals surface area contributed by atoms with E-state index in [0.29, 0.717) is 27.3 Å². The van der Waals surface area contributed by atoms with Crippen LogP contribution in [0.3, 0.4) is 0 Å². The van der Waals surface area contributed by atoms with Crippen molar-refractivity contribution >= 4 is 40.2 Å². The zero-order chi connectivity index (χ0) is 28.1. The molecule has 0 saturated carbocycles. The minimum Gasteiger partial charge on any atom is -0.480 e. The largest absolute Gasteiger partial charge is 0.480 e. The number of hydrogen-bond acceptors (Lipinski definition) is 8. The molecule has 4 aromatic rings. The summed E-state index contributed by atoms with van der Waals surface area (Å²) in [5.41, 5.74) is 1.51. The lowest BCUT2D eigenvalue weighted by molar-refractivity contribution is -0.138. The summed E-state index contributed by atoms with van der Waals surface area (Å²) in [7, 11) is 0. The molecule has 4 rings (SSSR count). The van der Waals surface area contributed by atoms with Crippen molar-refractivity contribution in [1.29, 1.82) is 0 Å². The van der Waals surface area contributed by atoms with Crippen LogP contribution in [0.15, 0.2) is 46.3 Å². The molecule has 0 saturated heterocycles. The number of carbonyl (C=O) groups is 2. The van der Waals surface area contributed by atoms with E-state index in [1.165, 1.54) is 29.3 Å². The summed E-state index contributed by atoms with van der Waals surface area (Å²) in [5.74, 6) is 0.165. The monoisotopic (exact) mass is 549 g/mol. The number of rotatable bonds is 10. The number of anilines is 1. The van der Waals surface area contributed by atoms with E-state index in [0.717, 1.165) is 17.3 Å². The molecule has 0 aliphatic carbocycles. The summed E-state index contributed by atoms with van der Waals surface area (Å²) in [6.07, 6.45) is 7.02. The number of para-hydroxylation sites is 1. The Bertz CT molecular complexity index is 1630. The van der Waals surface area contributed by atoms with Gasteiger partial charge in [-0.2, -0.15) is 10.3 Å². The van der Waals surface area contributed by atoms with Gasteiger partial charge in [0.15, 0.2) is 0 Å². The number of carboxylic acid groups (broad SMARTS) is 1. The van der Waals surface area contributed by atoms with Crippen LogP contribution in [0.1, 0.15) is 27.3 Å². The topological polar surface area (TPSA) is 157 Å². The molecular weight excluding hydrogens is 525 g/mol. The highest BCUT2D eigenvalue weighted by molar-refractivity contribution is 7.99. The van der Waals surface area contributed by atoms with Gasteiger partial charge in [-0.15, -0.1) is 23.3 Å². The normalized spacial score (nSPS) is 11.6. The maximum atomic E-state index is 15.3. The smallest absolute Gasteiger partial charge is 0.327 e. The molecule has 1 unspecified atom stereocenters. The van der Waals surface area contributed by atoms with Crippen molar-refractivity contribution in [3.63, 3.8) is 0 Å². The van der Waals surface area contributed by atoms with Gasteiger partial charge in [0.05, 0.1) is 34.9 Å². The molecule has 0 aliphatic heterocycles. The number of hydrogen-bond donors (Lipinski definition) is 4. The van der Waals surface area contributed by atoms with Gasteiger partial charge in [0.2, 0.25) is 0 Å². The fourth-order valence-corrected chi connectivity index (χ4v) is 4.81. The molecule has 1 atom stereocenters. The van der Waals surface area contributed by atoms with Crippen LogP contribution in [0.25, 0.3) is 10.9 Å². The highest BCUT2D eigenvalue weighted by Crippen LogP contribution is 2.28. The number of thioether (sulfide) groups is 1. The summed E-state index contributed by atoms with van der Waals surface area (Å²) in [6, 6.07) is 6.08. The zero-order valence-corrected chi connectivity index (χ0v) is 21.8. The van der Waals surface area contributed by atoms with E-state index < -0.39 is 23.7 Å². The molecule has 2 heterocycles. The molecule has 0 radical (unpaired) electrons. The SMILES string of the molecule is C#CCN(Cc1cc2c(=O)[nH]c(C)nc2cc1C)c1c(F)cccc1C(=O)NC(CSc1cn[nH]n1)C(=O)O. The van der Waals surface area contributed by atoms with Crippen LogP contribution in [0.2, 0.25) is 0 Å². The lowest BCUT2D eigenvalue weighted by atomic mass is 10.0. The van der Waals surface area contributed by atoms with Gasteiger partial charge in [0, 0.05) is 12.3 Å². The zero-order valence-electron chi connectivity index (χ0n) is 21.0. The first kappa shape index (κ1) is 27.3. The Morgan fingerprint density at radius 2 is 2.10 bits per heavy atom. The van der Waals surface area contributed by atoms with E-state index >= 15 is 4.39 Å². The standard InChI is InChI=1S/C26H24FN7O4S/c1-4-8-34(12-16-10-18-20(9-14(16)2)29-15(3)30-25(18)36)23-17(6-5-7-19(23)27)24(35)31-21(26(37)38)13-39-22-11-28-33-32-22/h1,5-7,9-11,21H,8,12-13H2,2-3H3,(H,31,35)(H,37,38)(H,28,32,33)(H,29,30,36). The number of terminal acetylenes is 1. The number of nitrogens with one attached hydrogen (secondary N) is 3. The molecule has 0 bridgehead atoms. The number of H-pyrrole nitrogens is 2. The van der Waals surface area contributed by atoms with Crippen molar-refractivity contribution in [2.24, 2.45) is 0 Å². The number of nitrogens with zero attached hydrogens (tertiary/aromatic N) is 4. The number of aliphatic carboxylic acids is 1. The fraction of sp³-hybridized carbons (Fsp3) is 0.231. The maximum Gasteiger partial charge on any atom is 0.327 e. The number of aromatic nitrogens is 5. The fourth-order valence-electron chi connectivity index (χ4n) is 4.01. The number of halogens is 1. The van der Waals surface area contributed by atoms with Gasteiger partial charge in [-0.25, -0.2) is 14.2 Å². The van der Waals surface area contributed by atoms with Crippen molar-refractivity contribution in [3.05, 3.63) is 75.2 Å². The van der Waals surface area contributed by atoms with Crippen LogP contribution < -0.4 is 15.8 Å². The van der Waals surface area contributed by atoms with E-state index in [-0.39, 0.29) is 35.7 Å². The summed E-state index contributed by atoms with van der Waals surface area (Å²) in [5, 5.41) is 22.9. The van der Waals surface area contributed by atoms with Crippen molar-refractivity contribution < 1.29 is 19.1 Å². The summed E-state index contributed by atoms with van der Waals surface area (Å²) in [4.78, 5) is 46.1. The molecule has 1 amide bonds. The second-order valence-corrected chi connectivity index (χ2v) is 9.67. The van der Waals surface area contributed by atoms with Crippen molar-refractivity contribution in [3.8, 4) is 12.3 Å². The first-order chi connectivity index (χ1) is 18.7. The van der Waals surface area contributed by atoms with Gasteiger partial charge in [-0.3, -0.25) is 9.59 Å². The van der Waals surface area contributed by atoms with E-state index in [1.54, 1.807) is 19.1 Å². The van der Waals surface area contributed by atoms with Gasteiger partial charge >= 0.3 is 5.97 Å². The van der Waals surface area contributed by atoms with Crippen LogP contribution in [0.5, 0.6) is 0 Å². The lowest BCUT2D eigenvalue weighted by Crippen LogP contribution is -2.43. The molecule has 2 aromatic heterocycles. The number of carboxylic acids is 1. The van der Waals surface area contributed by atoms with E-state index in [9.17, 15) is 19.5 Å². The average molecular weight is 550 g/mol. The first-order valence-electron chi connectivity index (χ1n) is 11.7. The van der Waals surface area contributed by atoms with Crippen LogP contribution >= 0.6 is 11.8 Å².